The van der Waals surface area contributed by atoms with Gasteiger partial charge in [0.25, 0.3) is 5.91 Å². The maximum Gasteiger partial charge on any atom is 0.266 e. The highest BCUT2D eigenvalue weighted by Gasteiger charge is 2.50. The Hall–Kier alpha value is -3.04. The predicted octanol–water partition coefficient (Wildman–Crippen LogP) is 3.08. The molecule has 144 valence electrons. The number of nitriles is 1. The molecule has 2 fully saturated rings. The van der Waals surface area contributed by atoms with Crippen LogP contribution >= 0.6 is 0 Å². The van der Waals surface area contributed by atoms with Gasteiger partial charge >= 0.3 is 0 Å². The molecule has 2 aliphatic rings. The van der Waals surface area contributed by atoms with Crippen molar-refractivity contribution in [2.75, 3.05) is 20.3 Å². The molecule has 3 atom stereocenters. The molecule has 6 nitrogen and oxygen atoms in total. The number of β-lactam (4-membered cyclic amide) rings is 1. The van der Waals surface area contributed by atoms with E-state index in [4.69, 9.17) is 19.5 Å². The summed E-state index contributed by atoms with van der Waals surface area (Å²) in [6.45, 7) is 1.31. The molecule has 2 aromatic rings. The van der Waals surface area contributed by atoms with Gasteiger partial charge in [-0.1, -0.05) is 18.2 Å². The minimum Gasteiger partial charge on any atom is -0.497 e. The van der Waals surface area contributed by atoms with Crippen LogP contribution < -0.4 is 9.47 Å². The van der Waals surface area contributed by atoms with Crippen LogP contribution in [0.5, 0.6) is 11.5 Å². The van der Waals surface area contributed by atoms with E-state index in [-0.39, 0.29) is 18.1 Å². The quantitative estimate of drug-likeness (QED) is 0.723. The van der Waals surface area contributed by atoms with Crippen LogP contribution in [-0.4, -0.2) is 43.3 Å². The lowest BCUT2D eigenvalue weighted by Crippen LogP contribution is -2.62. The first kappa shape index (κ1) is 18.3. The number of benzene rings is 2. The van der Waals surface area contributed by atoms with Crippen molar-refractivity contribution in [2.45, 2.75) is 31.1 Å². The summed E-state index contributed by atoms with van der Waals surface area (Å²) in [4.78, 5) is 14.7. The number of hydrogen-bond acceptors (Lipinski definition) is 5. The highest BCUT2D eigenvalue weighted by atomic mass is 16.5. The number of methoxy groups -OCH3 is 1. The van der Waals surface area contributed by atoms with Crippen molar-refractivity contribution in [3.05, 3.63) is 59.7 Å². The minimum absolute atomic E-state index is 0.0568. The average molecular weight is 378 g/mol. The number of nitrogens with zero attached hydrogens (tertiary/aromatic N) is 2. The highest BCUT2D eigenvalue weighted by molar-refractivity contribution is 5.89. The average Bonchev–Trinajstić information content (AvgIpc) is 3.26. The van der Waals surface area contributed by atoms with Crippen molar-refractivity contribution < 1.29 is 19.0 Å². The second-order valence-corrected chi connectivity index (χ2v) is 7.02. The molecular weight excluding hydrogens is 356 g/mol. The van der Waals surface area contributed by atoms with Crippen molar-refractivity contribution in [1.29, 1.82) is 5.26 Å². The van der Waals surface area contributed by atoms with Crippen LogP contribution in [0, 0.1) is 11.3 Å². The van der Waals surface area contributed by atoms with Gasteiger partial charge in [0.1, 0.15) is 17.5 Å². The molecular formula is C22H22N2O4. The summed E-state index contributed by atoms with van der Waals surface area (Å²) in [6.07, 6.45) is 1.45. The van der Waals surface area contributed by atoms with E-state index in [1.807, 2.05) is 29.2 Å². The smallest absolute Gasteiger partial charge is 0.266 e. The maximum absolute atomic E-state index is 12.9. The minimum atomic E-state index is -0.622. The van der Waals surface area contributed by atoms with Crippen molar-refractivity contribution >= 4 is 5.91 Å². The van der Waals surface area contributed by atoms with E-state index >= 15 is 0 Å². The lowest BCUT2D eigenvalue weighted by atomic mass is 9.89. The first-order valence-corrected chi connectivity index (χ1v) is 9.42. The van der Waals surface area contributed by atoms with Gasteiger partial charge in [-0.05, 0) is 48.7 Å². The van der Waals surface area contributed by atoms with Crippen LogP contribution in [0.15, 0.2) is 48.5 Å². The third kappa shape index (κ3) is 3.54. The zero-order valence-corrected chi connectivity index (χ0v) is 15.7. The molecule has 6 heteroatoms. The van der Waals surface area contributed by atoms with Crippen LogP contribution in [0.4, 0.5) is 0 Å². The summed E-state index contributed by atoms with van der Waals surface area (Å²) in [5.74, 6) is 1.23. The fourth-order valence-corrected chi connectivity index (χ4v) is 3.78. The van der Waals surface area contributed by atoms with Gasteiger partial charge < -0.3 is 19.1 Å². The number of amides is 1. The van der Waals surface area contributed by atoms with Gasteiger partial charge in [-0.2, -0.15) is 5.26 Å². The number of ether oxygens (including phenoxy) is 3. The van der Waals surface area contributed by atoms with Gasteiger partial charge in [0.15, 0.2) is 0 Å². The van der Waals surface area contributed by atoms with Gasteiger partial charge in [-0.3, -0.25) is 4.79 Å². The van der Waals surface area contributed by atoms with Gasteiger partial charge in [0.05, 0.1) is 24.8 Å². The molecule has 0 radical (unpaired) electrons. The molecule has 0 spiro atoms. The third-order valence-electron chi connectivity index (χ3n) is 5.26. The molecule has 2 aliphatic heterocycles. The number of carbonyl (C=O) groups excluding carboxylic acids is 1. The number of likely N-dealkylation sites (tertiary alicyclic amines) is 1. The maximum atomic E-state index is 12.9. The largest absolute Gasteiger partial charge is 0.497 e. The summed E-state index contributed by atoms with van der Waals surface area (Å²) in [5, 5.41) is 9.09. The number of rotatable bonds is 6. The topological polar surface area (TPSA) is 71.8 Å². The lowest BCUT2D eigenvalue weighted by Gasteiger charge is -2.47. The standard InChI is InChI=1S/C22H22N2O4/c1-26-17-9-7-16(8-10-17)20-21(28-18-5-2-4-15(12-18)13-23)22(25)24(20)14-19-6-3-11-27-19/h2,4-5,7-10,12,19-21H,3,6,11,14H2,1H3/t19-,20+,21-/m0/s1. The van der Waals surface area contributed by atoms with Gasteiger partial charge in [-0.15, -0.1) is 0 Å². The van der Waals surface area contributed by atoms with E-state index in [0.717, 1.165) is 30.8 Å². The molecule has 2 saturated heterocycles. The summed E-state index contributed by atoms with van der Waals surface area (Å²) in [7, 11) is 1.62. The Kier molecular flexibility index (Phi) is 5.18. The Morgan fingerprint density at radius 2 is 2.04 bits per heavy atom. The third-order valence-corrected chi connectivity index (χ3v) is 5.26. The van der Waals surface area contributed by atoms with Gasteiger partial charge in [0, 0.05) is 13.2 Å². The summed E-state index contributed by atoms with van der Waals surface area (Å²) in [6, 6.07) is 16.5. The molecule has 0 N–H and O–H groups in total. The molecule has 4 rings (SSSR count). The second-order valence-electron chi connectivity index (χ2n) is 7.02. The molecule has 0 aliphatic carbocycles. The molecule has 28 heavy (non-hydrogen) atoms. The molecule has 2 aromatic carbocycles. The van der Waals surface area contributed by atoms with Crippen LogP contribution in [-0.2, 0) is 9.53 Å². The Morgan fingerprint density at radius 1 is 1.21 bits per heavy atom. The molecule has 0 bridgehead atoms. The van der Waals surface area contributed by atoms with E-state index in [1.54, 1.807) is 31.4 Å². The van der Waals surface area contributed by atoms with Crippen LogP contribution in [0.1, 0.15) is 30.0 Å². The van der Waals surface area contributed by atoms with Gasteiger partial charge in [0.2, 0.25) is 6.10 Å². The number of carbonyl (C=O) groups is 1. The fraction of sp³-hybridized carbons (Fsp3) is 0.364. The summed E-state index contributed by atoms with van der Waals surface area (Å²) in [5.41, 5.74) is 1.49. The Bertz CT molecular complexity index is 884. The first-order chi connectivity index (χ1) is 13.7. The molecule has 1 amide bonds. The summed E-state index contributed by atoms with van der Waals surface area (Å²) >= 11 is 0. The van der Waals surface area contributed by atoms with Crippen molar-refractivity contribution in [2.24, 2.45) is 0 Å². The lowest BCUT2D eigenvalue weighted by molar-refractivity contribution is -0.167. The molecule has 0 saturated carbocycles. The van der Waals surface area contributed by atoms with E-state index in [9.17, 15) is 4.79 Å². The normalized spacial score (nSPS) is 23.8. The fourth-order valence-electron chi connectivity index (χ4n) is 3.78. The zero-order valence-electron chi connectivity index (χ0n) is 15.7. The Labute approximate surface area is 164 Å². The van der Waals surface area contributed by atoms with Crippen molar-refractivity contribution in [3.8, 4) is 17.6 Å². The SMILES string of the molecule is COc1ccc([C@@H]2[C@H](Oc3cccc(C#N)c3)C(=O)N2C[C@@H]2CCCO2)cc1. The van der Waals surface area contributed by atoms with E-state index < -0.39 is 6.10 Å². The van der Waals surface area contributed by atoms with E-state index in [1.165, 1.54) is 0 Å². The second kappa shape index (κ2) is 7.91. The molecule has 0 unspecified atom stereocenters. The van der Waals surface area contributed by atoms with Crippen molar-refractivity contribution in [1.82, 2.24) is 4.90 Å². The first-order valence-electron chi connectivity index (χ1n) is 9.42. The molecule has 2 heterocycles. The Balaban J connectivity index is 1.57. The van der Waals surface area contributed by atoms with Crippen LogP contribution in [0.2, 0.25) is 0 Å². The summed E-state index contributed by atoms with van der Waals surface area (Å²) < 4.78 is 17.0. The van der Waals surface area contributed by atoms with E-state index in [2.05, 4.69) is 6.07 Å². The molecule has 0 aromatic heterocycles. The van der Waals surface area contributed by atoms with Crippen molar-refractivity contribution in [3.63, 3.8) is 0 Å². The van der Waals surface area contributed by atoms with Gasteiger partial charge in [-0.25, -0.2) is 0 Å². The van der Waals surface area contributed by atoms with Crippen LogP contribution in [0.3, 0.4) is 0 Å². The van der Waals surface area contributed by atoms with Crippen LogP contribution in [0.25, 0.3) is 0 Å². The monoisotopic (exact) mass is 378 g/mol. The zero-order chi connectivity index (χ0) is 19.5. The Morgan fingerprint density at radius 3 is 2.71 bits per heavy atom. The predicted molar refractivity (Wildman–Crippen MR) is 102 cm³/mol. The van der Waals surface area contributed by atoms with E-state index in [0.29, 0.717) is 17.9 Å². The highest BCUT2D eigenvalue weighted by Crippen LogP contribution is 2.39. The number of hydrogen-bond donors (Lipinski definition) is 0.